The van der Waals surface area contributed by atoms with Crippen molar-refractivity contribution in [3.05, 3.63) is 71.8 Å². The number of benzene rings is 2. The number of nitrogens with zero attached hydrogens (tertiary/aromatic N) is 1. The second-order valence-electron chi connectivity index (χ2n) is 4.80. The Morgan fingerprint density at radius 3 is 2.29 bits per heavy atom. The molecule has 0 saturated carbocycles. The van der Waals surface area contributed by atoms with E-state index in [0.29, 0.717) is 6.07 Å². The summed E-state index contributed by atoms with van der Waals surface area (Å²) in [6, 6.07) is 10.4. The van der Waals surface area contributed by atoms with E-state index in [9.17, 15) is 21.6 Å². The molecule has 0 bridgehead atoms. The van der Waals surface area contributed by atoms with Gasteiger partial charge in [-0.05, 0) is 30.3 Å². The maximum atomic E-state index is 13.2. The molecule has 24 heavy (non-hydrogen) atoms. The van der Waals surface area contributed by atoms with Crippen molar-refractivity contribution < 1.29 is 21.6 Å². The molecule has 0 aliphatic heterocycles. The van der Waals surface area contributed by atoms with Gasteiger partial charge in [0.1, 0.15) is 0 Å². The number of anilines is 1. The monoisotopic (exact) mass is 375 g/mol. The van der Waals surface area contributed by atoms with Crippen molar-refractivity contribution in [3.63, 3.8) is 0 Å². The summed E-state index contributed by atoms with van der Waals surface area (Å²) < 4.78 is 66.3. The van der Waals surface area contributed by atoms with Crippen LogP contribution in [-0.4, -0.2) is 15.0 Å². The summed E-state index contributed by atoms with van der Waals surface area (Å²) in [4.78, 5) is -0.856. The molecule has 2 aromatic carbocycles. The Kier molecular flexibility index (Phi) is 5.25. The zero-order valence-electron chi connectivity index (χ0n) is 12.3. The Labute approximate surface area is 143 Å². The Morgan fingerprint density at radius 2 is 1.75 bits per heavy atom. The highest BCUT2D eigenvalue weighted by molar-refractivity contribution is 7.92. The summed E-state index contributed by atoms with van der Waals surface area (Å²) in [5, 5.41) is -0.198. The van der Waals surface area contributed by atoms with E-state index in [1.165, 1.54) is 18.2 Å². The van der Waals surface area contributed by atoms with E-state index in [1.807, 2.05) is 0 Å². The minimum Gasteiger partial charge on any atom is -0.263 e. The fourth-order valence-electron chi connectivity index (χ4n) is 2.12. The van der Waals surface area contributed by atoms with Gasteiger partial charge < -0.3 is 0 Å². The summed E-state index contributed by atoms with van der Waals surface area (Å²) >= 11 is 5.61. The lowest BCUT2D eigenvalue weighted by Crippen LogP contribution is -2.32. The van der Waals surface area contributed by atoms with Crippen LogP contribution >= 0.6 is 11.6 Å². The lowest BCUT2D eigenvalue weighted by molar-refractivity contribution is -0.139. The molecule has 0 unspecified atom stereocenters. The van der Waals surface area contributed by atoms with Crippen molar-refractivity contribution in [1.82, 2.24) is 0 Å². The average Bonchev–Trinajstić information content (AvgIpc) is 2.52. The van der Waals surface area contributed by atoms with Gasteiger partial charge in [0.25, 0.3) is 10.0 Å². The minimum absolute atomic E-state index is 0.174. The molecule has 8 heteroatoms. The summed E-state index contributed by atoms with van der Waals surface area (Å²) in [7, 11) is -4.46. The SMILES string of the molecule is C=CCN(c1ccccc1)S(=O)(=O)c1ccc(Cl)cc1C(F)(F)F. The predicted octanol–water partition coefficient (Wildman–Crippen LogP) is 4.74. The molecular formula is C16H13ClF3NO2S. The Bertz CT molecular complexity index is 836. The zero-order valence-corrected chi connectivity index (χ0v) is 13.9. The molecule has 0 saturated heterocycles. The van der Waals surface area contributed by atoms with Crippen LogP contribution in [0.2, 0.25) is 5.02 Å². The quantitative estimate of drug-likeness (QED) is 0.708. The van der Waals surface area contributed by atoms with Crippen LogP contribution in [0.15, 0.2) is 66.1 Å². The van der Waals surface area contributed by atoms with Crippen molar-refractivity contribution in [2.75, 3.05) is 10.8 Å². The Balaban J connectivity index is 2.67. The van der Waals surface area contributed by atoms with Crippen LogP contribution in [0.4, 0.5) is 18.9 Å². The first-order chi connectivity index (χ1) is 11.2. The molecule has 3 nitrogen and oxygen atoms in total. The maximum Gasteiger partial charge on any atom is 0.417 e. The van der Waals surface area contributed by atoms with Gasteiger partial charge in [-0.2, -0.15) is 13.2 Å². The predicted molar refractivity (Wildman–Crippen MR) is 87.6 cm³/mol. The topological polar surface area (TPSA) is 37.4 Å². The lowest BCUT2D eigenvalue weighted by atomic mass is 10.2. The third-order valence-corrected chi connectivity index (χ3v) is 5.24. The van der Waals surface area contributed by atoms with E-state index in [1.54, 1.807) is 18.2 Å². The van der Waals surface area contributed by atoms with E-state index in [4.69, 9.17) is 11.6 Å². The highest BCUT2D eigenvalue weighted by Crippen LogP contribution is 2.37. The molecule has 0 amide bonds. The largest absolute Gasteiger partial charge is 0.417 e. The molecular weight excluding hydrogens is 363 g/mol. The average molecular weight is 376 g/mol. The van der Waals surface area contributed by atoms with Crippen molar-refractivity contribution in [1.29, 1.82) is 0 Å². The molecule has 0 spiro atoms. The maximum absolute atomic E-state index is 13.2. The number of sulfonamides is 1. The second kappa shape index (κ2) is 6.86. The first-order valence-electron chi connectivity index (χ1n) is 6.73. The molecule has 128 valence electrons. The van der Waals surface area contributed by atoms with Gasteiger partial charge in [-0.25, -0.2) is 8.42 Å². The van der Waals surface area contributed by atoms with Crippen molar-refractivity contribution in [3.8, 4) is 0 Å². The molecule has 2 rings (SSSR count). The van der Waals surface area contributed by atoms with Gasteiger partial charge in [0.15, 0.2) is 0 Å². The van der Waals surface area contributed by atoms with E-state index < -0.39 is 26.7 Å². The van der Waals surface area contributed by atoms with E-state index in [0.717, 1.165) is 16.4 Å². The molecule has 0 atom stereocenters. The molecule has 0 N–H and O–H groups in total. The summed E-state index contributed by atoms with van der Waals surface area (Å²) in [5.74, 6) is 0. The van der Waals surface area contributed by atoms with E-state index in [2.05, 4.69) is 6.58 Å². The highest BCUT2D eigenvalue weighted by atomic mass is 35.5. The Morgan fingerprint density at radius 1 is 1.12 bits per heavy atom. The smallest absolute Gasteiger partial charge is 0.263 e. The summed E-state index contributed by atoms with van der Waals surface area (Å²) in [5.41, 5.74) is -1.07. The van der Waals surface area contributed by atoms with Crippen LogP contribution < -0.4 is 4.31 Å². The normalized spacial score (nSPS) is 12.0. The van der Waals surface area contributed by atoms with Gasteiger partial charge in [-0.15, -0.1) is 6.58 Å². The first kappa shape index (κ1) is 18.4. The number of alkyl halides is 3. The van der Waals surface area contributed by atoms with Crippen LogP contribution in [0, 0.1) is 0 Å². The van der Waals surface area contributed by atoms with Gasteiger partial charge in [-0.3, -0.25) is 4.31 Å². The number of para-hydroxylation sites is 1. The minimum atomic E-state index is -4.86. The van der Waals surface area contributed by atoms with Crippen LogP contribution in [0.3, 0.4) is 0 Å². The van der Waals surface area contributed by atoms with Crippen LogP contribution in [0.1, 0.15) is 5.56 Å². The molecule has 0 heterocycles. The third-order valence-electron chi connectivity index (χ3n) is 3.15. The Hall–Kier alpha value is -1.99. The fraction of sp³-hybridized carbons (Fsp3) is 0.125. The zero-order chi connectivity index (χ0) is 18.0. The van der Waals surface area contributed by atoms with Crippen LogP contribution in [0.25, 0.3) is 0 Å². The van der Waals surface area contributed by atoms with Gasteiger partial charge in [-0.1, -0.05) is 35.9 Å². The van der Waals surface area contributed by atoms with Gasteiger partial charge in [0.2, 0.25) is 0 Å². The van der Waals surface area contributed by atoms with Crippen LogP contribution in [-0.2, 0) is 16.2 Å². The van der Waals surface area contributed by atoms with Crippen molar-refractivity contribution >= 4 is 27.3 Å². The number of hydrogen-bond donors (Lipinski definition) is 0. The summed E-state index contributed by atoms with van der Waals surface area (Å²) in [6.07, 6.45) is -3.56. The standard InChI is InChI=1S/C16H13ClF3NO2S/c1-2-10-21(13-6-4-3-5-7-13)24(22,23)15-9-8-12(17)11-14(15)16(18,19)20/h2-9,11H,1,10H2. The summed E-state index contributed by atoms with van der Waals surface area (Å²) in [6.45, 7) is 3.29. The van der Waals surface area contributed by atoms with Gasteiger partial charge in [0, 0.05) is 5.02 Å². The van der Waals surface area contributed by atoms with Crippen molar-refractivity contribution in [2.24, 2.45) is 0 Å². The molecule has 0 radical (unpaired) electrons. The number of halogens is 4. The highest BCUT2D eigenvalue weighted by Gasteiger charge is 2.39. The van der Waals surface area contributed by atoms with Gasteiger partial charge in [0.05, 0.1) is 22.7 Å². The van der Waals surface area contributed by atoms with Crippen LogP contribution in [0.5, 0.6) is 0 Å². The van der Waals surface area contributed by atoms with Crippen molar-refractivity contribution in [2.45, 2.75) is 11.1 Å². The number of rotatable bonds is 5. The second-order valence-corrected chi connectivity index (χ2v) is 7.07. The molecule has 2 aromatic rings. The molecule has 0 fully saturated rings. The molecule has 0 aromatic heterocycles. The fourth-order valence-corrected chi connectivity index (χ4v) is 3.92. The van der Waals surface area contributed by atoms with E-state index in [-0.39, 0.29) is 17.3 Å². The van der Waals surface area contributed by atoms with Gasteiger partial charge >= 0.3 is 6.18 Å². The first-order valence-corrected chi connectivity index (χ1v) is 8.55. The van der Waals surface area contributed by atoms with E-state index >= 15 is 0 Å². The lowest BCUT2D eigenvalue weighted by Gasteiger charge is -2.25. The molecule has 0 aliphatic carbocycles. The third kappa shape index (κ3) is 3.73. The number of hydrogen-bond acceptors (Lipinski definition) is 2. The molecule has 0 aliphatic rings.